The van der Waals surface area contributed by atoms with Gasteiger partial charge in [-0.1, -0.05) is 24.3 Å². The van der Waals surface area contributed by atoms with Crippen LogP contribution in [-0.4, -0.2) is 27.6 Å². The van der Waals surface area contributed by atoms with Gasteiger partial charge in [0.25, 0.3) is 0 Å². The van der Waals surface area contributed by atoms with Crippen LogP contribution in [-0.2, 0) is 7.05 Å². The maximum atomic E-state index is 4.84. The van der Waals surface area contributed by atoms with Gasteiger partial charge in [0.05, 0.1) is 18.1 Å². The van der Waals surface area contributed by atoms with Crippen molar-refractivity contribution in [1.82, 2.24) is 14.5 Å². The number of nitrogens with one attached hydrogen (secondary N) is 1. The zero-order valence-corrected chi connectivity index (χ0v) is 15.9. The molecule has 0 bridgehead atoms. The van der Waals surface area contributed by atoms with Crippen LogP contribution in [0.15, 0.2) is 67.0 Å². The average molecular weight is 371 g/mol. The molecule has 0 amide bonds. The van der Waals surface area contributed by atoms with Crippen molar-refractivity contribution in [3.8, 4) is 11.3 Å². The van der Waals surface area contributed by atoms with Gasteiger partial charge in [0.1, 0.15) is 11.6 Å². The van der Waals surface area contributed by atoms with Crippen molar-refractivity contribution in [2.24, 2.45) is 7.05 Å². The molecule has 5 rings (SSSR count). The van der Waals surface area contributed by atoms with Crippen LogP contribution in [0.4, 0.5) is 17.3 Å². The molecule has 6 nitrogen and oxygen atoms in total. The highest BCUT2D eigenvalue weighted by atomic mass is 15.4. The summed E-state index contributed by atoms with van der Waals surface area (Å²) in [7, 11) is 2.05. The number of aryl methyl sites for hydroxylation is 1. The first kappa shape index (κ1) is 16.7. The fourth-order valence-corrected chi connectivity index (χ4v) is 3.87. The number of rotatable bonds is 4. The van der Waals surface area contributed by atoms with Gasteiger partial charge in [-0.25, -0.2) is 9.97 Å². The van der Waals surface area contributed by atoms with Gasteiger partial charge in [0.15, 0.2) is 7.05 Å². The molecular formula is C22H23N6+. The fraction of sp³-hybridized carbons (Fsp3) is 0.227. The van der Waals surface area contributed by atoms with Crippen LogP contribution >= 0.6 is 0 Å². The summed E-state index contributed by atoms with van der Waals surface area (Å²) in [5.41, 5.74) is 4.07. The van der Waals surface area contributed by atoms with Gasteiger partial charge in [-0.15, -0.1) is 9.20 Å². The van der Waals surface area contributed by atoms with Crippen LogP contribution < -0.4 is 14.9 Å². The van der Waals surface area contributed by atoms with Crippen LogP contribution in [0.5, 0.6) is 0 Å². The van der Waals surface area contributed by atoms with E-state index in [0.29, 0.717) is 0 Å². The van der Waals surface area contributed by atoms with E-state index in [-0.39, 0.29) is 0 Å². The van der Waals surface area contributed by atoms with E-state index in [1.54, 1.807) is 0 Å². The van der Waals surface area contributed by atoms with Gasteiger partial charge in [-0.2, -0.15) is 0 Å². The van der Waals surface area contributed by atoms with E-state index in [0.717, 1.165) is 47.3 Å². The second kappa shape index (κ2) is 6.96. The molecular weight excluding hydrogens is 348 g/mol. The second-order valence-electron chi connectivity index (χ2n) is 7.13. The summed E-state index contributed by atoms with van der Waals surface area (Å²) in [4.78, 5) is 11.7. The third kappa shape index (κ3) is 2.97. The van der Waals surface area contributed by atoms with E-state index >= 15 is 0 Å². The molecule has 28 heavy (non-hydrogen) atoms. The Balaban J connectivity index is 1.57. The van der Waals surface area contributed by atoms with E-state index in [1.165, 1.54) is 12.8 Å². The van der Waals surface area contributed by atoms with E-state index in [1.807, 2.05) is 31.6 Å². The quantitative estimate of drug-likeness (QED) is 0.557. The maximum Gasteiger partial charge on any atom is 0.239 e. The number of nitrogens with zero attached hydrogens (tertiary/aromatic N) is 5. The predicted molar refractivity (Wildman–Crippen MR) is 111 cm³/mol. The lowest BCUT2D eigenvalue weighted by atomic mass is 10.1. The minimum Gasteiger partial charge on any atom is -0.357 e. The summed E-state index contributed by atoms with van der Waals surface area (Å²) < 4.78 is 4.16. The molecule has 1 aromatic carbocycles. The van der Waals surface area contributed by atoms with Crippen molar-refractivity contribution in [2.75, 3.05) is 23.3 Å². The first-order chi connectivity index (χ1) is 13.8. The first-order valence-corrected chi connectivity index (χ1v) is 9.70. The molecule has 6 heteroatoms. The van der Waals surface area contributed by atoms with E-state index in [9.17, 15) is 0 Å². The first-order valence-electron chi connectivity index (χ1n) is 9.70. The van der Waals surface area contributed by atoms with E-state index < -0.39 is 0 Å². The Bertz CT molecular complexity index is 1110. The number of hydrogen-bond donors (Lipinski definition) is 1. The lowest BCUT2D eigenvalue weighted by Crippen LogP contribution is -2.39. The summed E-state index contributed by atoms with van der Waals surface area (Å²) >= 11 is 0. The molecule has 4 heterocycles. The maximum absolute atomic E-state index is 4.84. The Labute approximate surface area is 164 Å². The standard InChI is InChI=1S/C22H22N6/c1-26-19(17-8-3-2-4-9-17)16-18(22-23-12-15-28(22)26)24-20-10-7-11-21(25-20)27-13-5-6-14-27/h2-4,7-12,15-16H,5-6,13-14H2,1H3/p+1. The molecule has 0 aliphatic carbocycles. The molecule has 1 aliphatic rings. The van der Waals surface area contributed by atoms with Crippen LogP contribution in [0, 0.1) is 0 Å². The number of hydrogen-bond acceptors (Lipinski definition) is 4. The van der Waals surface area contributed by atoms with Crippen molar-refractivity contribution in [3.63, 3.8) is 0 Å². The number of imidazole rings is 1. The molecule has 140 valence electrons. The second-order valence-corrected chi connectivity index (χ2v) is 7.13. The zero-order chi connectivity index (χ0) is 18.9. The molecule has 4 aromatic rings. The summed E-state index contributed by atoms with van der Waals surface area (Å²) in [6, 6.07) is 18.7. The molecule has 0 radical (unpaired) electrons. The normalized spacial score (nSPS) is 14.0. The fourth-order valence-electron chi connectivity index (χ4n) is 3.87. The van der Waals surface area contributed by atoms with Gasteiger partial charge in [-0.3, -0.25) is 0 Å². The van der Waals surface area contributed by atoms with Gasteiger partial charge >= 0.3 is 0 Å². The highest BCUT2D eigenvalue weighted by Gasteiger charge is 2.19. The van der Waals surface area contributed by atoms with Crippen molar-refractivity contribution in [1.29, 1.82) is 0 Å². The molecule has 3 aromatic heterocycles. The third-order valence-corrected chi connectivity index (χ3v) is 5.31. The zero-order valence-electron chi connectivity index (χ0n) is 15.9. The Hall–Kier alpha value is -3.41. The van der Waals surface area contributed by atoms with Crippen molar-refractivity contribution < 1.29 is 4.68 Å². The SMILES string of the molecule is C[n+]1c(-c2ccccc2)cc(Nc2cccc(N3CCCC3)n2)c2nccn21. The van der Waals surface area contributed by atoms with Crippen LogP contribution in [0.3, 0.4) is 0 Å². The lowest BCUT2D eigenvalue weighted by Gasteiger charge is -2.17. The monoisotopic (exact) mass is 371 g/mol. The summed E-state index contributed by atoms with van der Waals surface area (Å²) in [6.07, 6.45) is 6.28. The lowest BCUT2D eigenvalue weighted by molar-refractivity contribution is -0.730. The van der Waals surface area contributed by atoms with E-state index in [4.69, 9.17) is 4.98 Å². The smallest absolute Gasteiger partial charge is 0.239 e. The number of anilines is 3. The number of fused-ring (bicyclic) bond motifs is 1. The van der Waals surface area contributed by atoms with Gasteiger partial charge in [0.2, 0.25) is 11.3 Å². The van der Waals surface area contributed by atoms with Crippen molar-refractivity contribution in [3.05, 3.63) is 67.0 Å². The number of pyridine rings is 1. The number of aromatic nitrogens is 4. The largest absolute Gasteiger partial charge is 0.357 e. The molecule has 0 unspecified atom stereocenters. The number of benzene rings is 1. The van der Waals surface area contributed by atoms with Crippen molar-refractivity contribution in [2.45, 2.75) is 12.8 Å². The highest BCUT2D eigenvalue weighted by molar-refractivity contribution is 5.75. The molecule has 0 saturated carbocycles. The Kier molecular flexibility index (Phi) is 4.16. The summed E-state index contributed by atoms with van der Waals surface area (Å²) in [6.45, 7) is 2.17. The summed E-state index contributed by atoms with van der Waals surface area (Å²) in [5.74, 6) is 1.87. The Morgan fingerprint density at radius 1 is 1.00 bits per heavy atom. The van der Waals surface area contributed by atoms with Gasteiger partial charge < -0.3 is 10.2 Å². The molecule has 1 aliphatic heterocycles. The molecule has 1 fully saturated rings. The van der Waals surface area contributed by atoms with E-state index in [2.05, 4.69) is 66.9 Å². The average Bonchev–Trinajstić information content (AvgIpc) is 3.43. The molecule has 1 N–H and O–H groups in total. The van der Waals surface area contributed by atoms with Gasteiger partial charge in [0, 0.05) is 24.7 Å². The minimum absolute atomic E-state index is 0.835. The Morgan fingerprint density at radius 2 is 1.82 bits per heavy atom. The van der Waals surface area contributed by atoms with Crippen LogP contribution in [0.2, 0.25) is 0 Å². The molecule has 1 saturated heterocycles. The van der Waals surface area contributed by atoms with Gasteiger partial charge in [-0.05, 0) is 37.1 Å². The highest BCUT2D eigenvalue weighted by Crippen LogP contribution is 2.26. The summed E-state index contributed by atoms with van der Waals surface area (Å²) in [5, 5.41) is 3.50. The Morgan fingerprint density at radius 3 is 2.64 bits per heavy atom. The van der Waals surface area contributed by atoms with Crippen LogP contribution in [0.25, 0.3) is 16.9 Å². The van der Waals surface area contributed by atoms with Crippen LogP contribution in [0.1, 0.15) is 12.8 Å². The topological polar surface area (TPSA) is 49.3 Å². The predicted octanol–water partition coefficient (Wildman–Crippen LogP) is 3.56. The molecule has 0 atom stereocenters. The third-order valence-electron chi connectivity index (χ3n) is 5.31. The minimum atomic E-state index is 0.835. The van der Waals surface area contributed by atoms with Crippen molar-refractivity contribution >= 4 is 23.0 Å². The molecule has 0 spiro atoms.